The third-order valence-electron chi connectivity index (χ3n) is 3.33. The van der Waals surface area contributed by atoms with Gasteiger partial charge in [0.05, 0.1) is 0 Å². The van der Waals surface area contributed by atoms with E-state index < -0.39 is 6.09 Å². The van der Waals surface area contributed by atoms with Gasteiger partial charge >= 0.3 is 6.09 Å². The van der Waals surface area contributed by atoms with Gasteiger partial charge in [-0.15, -0.1) is 0 Å². The fraction of sp³-hybridized carbons (Fsp3) is 0.462. The third-order valence-corrected chi connectivity index (χ3v) is 3.33. The van der Waals surface area contributed by atoms with Gasteiger partial charge < -0.3 is 10.0 Å². The molecule has 1 atom stereocenters. The van der Waals surface area contributed by atoms with Crippen LogP contribution in [-0.2, 0) is 6.42 Å². The molecule has 1 aliphatic rings. The molecule has 1 aliphatic heterocycles. The van der Waals surface area contributed by atoms with E-state index in [0.717, 1.165) is 12.8 Å². The Bertz CT molecular complexity index is 408. The zero-order valence-electron chi connectivity index (χ0n) is 9.60. The Morgan fingerprint density at radius 2 is 2.24 bits per heavy atom. The van der Waals surface area contributed by atoms with Gasteiger partial charge in [0.15, 0.2) is 0 Å². The molecule has 1 fully saturated rings. The van der Waals surface area contributed by atoms with E-state index in [-0.39, 0.29) is 11.9 Å². The van der Waals surface area contributed by atoms with E-state index in [4.69, 9.17) is 5.11 Å². The van der Waals surface area contributed by atoms with Crippen molar-refractivity contribution in [3.05, 3.63) is 35.6 Å². The van der Waals surface area contributed by atoms with E-state index in [1.165, 1.54) is 11.0 Å². The minimum absolute atomic E-state index is 0.0482. The molecule has 1 heterocycles. The summed E-state index contributed by atoms with van der Waals surface area (Å²) >= 11 is 0. The van der Waals surface area contributed by atoms with Gasteiger partial charge in [-0.1, -0.05) is 18.2 Å². The first-order valence-corrected chi connectivity index (χ1v) is 5.91. The summed E-state index contributed by atoms with van der Waals surface area (Å²) in [6, 6.07) is 6.72. The van der Waals surface area contributed by atoms with Crippen LogP contribution >= 0.6 is 0 Å². The van der Waals surface area contributed by atoms with Gasteiger partial charge in [-0.25, -0.2) is 9.18 Å². The smallest absolute Gasteiger partial charge is 0.407 e. The molecule has 4 heteroatoms. The second-order valence-corrected chi connectivity index (χ2v) is 4.40. The summed E-state index contributed by atoms with van der Waals surface area (Å²) in [6.45, 7) is 0.608. The van der Waals surface area contributed by atoms with Gasteiger partial charge in [0.1, 0.15) is 5.82 Å². The van der Waals surface area contributed by atoms with Crippen LogP contribution in [0.5, 0.6) is 0 Å². The van der Waals surface area contributed by atoms with Crippen LogP contribution in [0.3, 0.4) is 0 Å². The van der Waals surface area contributed by atoms with Crippen molar-refractivity contribution in [1.82, 2.24) is 4.90 Å². The molecule has 0 saturated carbocycles. The van der Waals surface area contributed by atoms with E-state index in [1.54, 1.807) is 12.1 Å². The number of aryl methyl sites for hydroxylation is 1. The van der Waals surface area contributed by atoms with Gasteiger partial charge in [0.25, 0.3) is 0 Å². The van der Waals surface area contributed by atoms with Crippen molar-refractivity contribution >= 4 is 6.09 Å². The van der Waals surface area contributed by atoms with Crippen LogP contribution in [0, 0.1) is 5.82 Å². The molecule has 0 spiro atoms. The Hall–Kier alpha value is -1.58. The highest BCUT2D eigenvalue weighted by Crippen LogP contribution is 2.22. The topological polar surface area (TPSA) is 40.5 Å². The molecule has 2 rings (SSSR count). The molecule has 0 bridgehead atoms. The number of carboxylic acid groups (broad SMARTS) is 1. The minimum atomic E-state index is -0.860. The lowest BCUT2D eigenvalue weighted by atomic mass is 10.0. The molecule has 1 aromatic rings. The average molecular weight is 237 g/mol. The predicted molar refractivity (Wildman–Crippen MR) is 62.5 cm³/mol. The van der Waals surface area contributed by atoms with Crippen LogP contribution < -0.4 is 0 Å². The highest BCUT2D eigenvalue weighted by molar-refractivity contribution is 5.65. The molecule has 1 saturated heterocycles. The first-order valence-electron chi connectivity index (χ1n) is 5.91. The summed E-state index contributed by atoms with van der Waals surface area (Å²) in [4.78, 5) is 12.4. The summed E-state index contributed by atoms with van der Waals surface area (Å²) in [5.41, 5.74) is 0.671. The van der Waals surface area contributed by atoms with E-state index in [1.807, 2.05) is 6.07 Å². The highest BCUT2D eigenvalue weighted by atomic mass is 19.1. The van der Waals surface area contributed by atoms with Gasteiger partial charge in [-0.2, -0.15) is 0 Å². The standard InChI is InChI=1S/C13H16FNO2/c14-12-6-2-1-4-10(12)7-8-11-5-3-9-15(11)13(16)17/h1-2,4,6,11H,3,5,7-9H2,(H,16,17). The number of halogens is 1. The minimum Gasteiger partial charge on any atom is -0.465 e. The molecule has 92 valence electrons. The quantitative estimate of drug-likeness (QED) is 0.878. The van der Waals surface area contributed by atoms with Crippen molar-refractivity contribution in [2.45, 2.75) is 31.7 Å². The summed E-state index contributed by atoms with van der Waals surface area (Å²) < 4.78 is 13.4. The third kappa shape index (κ3) is 2.75. The Kier molecular flexibility index (Phi) is 3.61. The first-order chi connectivity index (χ1) is 8.18. The molecule has 1 N–H and O–H groups in total. The lowest BCUT2D eigenvalue weighted by molar-refractivity contribution is 0.138. The lowest BCUT2D eigenvalue weighted by Crippen LogP contribution is -2.34. The molecule has 0 aromatic heterocycles. The van der Waals surface area contributed by atoms with Gasteiger partial charge in [-0.05, 0) is 37.3 Å². The van der Waals surface area contributed by atoms with Crippen LogP contribution in [0.1, 0.15) is 24.8 Å². The normalized spacial score (nSPS) is 19.6. The number of nitrogens with zero attached hydrogens (tertiary/aromatic N) is 1. The number of hydrogen-bond acceptors (Lipinski definition) is 1. The molecule has 0 aliphatic carbocycles. The molecule has 0 radical (unpaired) electrons. The Balaban J connectivity index is 1.94. The fourth-order valence-corrected chi connectivity index (χ4v) is 2.41. The second-order valence-electron chi connectivity index (χ2n) is 4.40. The van der Waals surface area contributed by atoms with Crippen molar-refractivity contribution in [2.75, 3.05) is 6.54 Å². The van der Waals surface area contributed by atoms with E-state index in [9.17, 15) is 9.18 Å². The molecule has 1 aromatic carbocycles. The average Bonchev–Trinajstić information content (AvgIpc) is 2.76. The van der Waals surface area contributed by atoms with Gasteiger partial charge in [-0.3, -0.25) is 0 Å². The number of rotatable bonds is 3. The van der Waals surface area contributed by atoms with Crippen LogP contribution in [0.2, 0.25) is 0 Å². The van der Waals surface area contributed by atoms with Crippen molar-refractivity contribution < 1.29 is 14.3 Å². The number of benzene rings is 1. The summed E-state index contributed by atoms with van der Waals surface area (Å²) in [6.07, 6.45) is 2.24. The van der Waals surface area contributed by atoms with Crippen molar-refractivity contribution in [2.24, 2.45) is 0 Å². The number of hydrogen-bond donors (Lipinski definition) is 1. The van der Waals surface area contributed by atoms with Gasteiger partial charge in [0.2, 0.25) is 0 Å². The molecule has 1 unspecified atom stereocenters. The maximum atomic E-state index is 13.4. The monoisotopic (exact) mass is 237 g/mol. The predicted octanol–water partition coefficient (Wildman–Crippen LogP) is 2.90. The summed E-state index contributed by atoms with van der Waals surface area (Å²) in [5, 5.41) is 8.99. The highest BCUT2D eigenvalue weighted by Gasteiger charge is 2.27. The van der Waals surface area contributed by atoms with Crippen molar-refractivity contribution in [3.63, 3.8) is 0 Å². The molecular weight excluding hydrogens is 221 g/mol. The molecular formula is C13H16FNO2. The largest absolute Gasteiger partial charge is 0.465 e. The lowest BCUT2D eigenvalue weighted by Gasteiger charge is -2.21. The maximum absolute atomic E-state index is 13.4. The summed E-state index contributed by atoms with van der Waals surface area (Å²) in [5.74, 6) is -0.202. The zero-order valence-corrected chi connectivity index (χ0v) is 9.60. The molecule has 17 heavy (non-hydrogen) atoms. The van der Waals surface area contributed by atoms with Gasteiger partial charge in [0, 0.05) is 12.6 Å². The SMILES string of the molecule is O=C(O)N1CCCC1CCc1ccccc1F. The van der Waals surface area contributed by atoms with E-state index >= 15 is 0 Å². The Morgan fingerprint density at radius 1 is 1.47 bits per heavy atom. The van der Waals surface area contributed by atoms with Crippen molar-refractivity contribution in [1.29, 1.82) is 0 Å². The Morgan fingerprint density at radius 3 is 2.94 bits per heavy atom. The zero-order chi connectivity index (χ0) is 12.3. The fourth-order valence-electron chi connectivity index (χ4n) is 2.41. The summed E-state index contributed by atoms with van der Waals surface area (Å²) in [7, 11) is 0. The van der Waals surface area contributed by atoms with E-state index in [2.05, 4.69) is 0 Å². The molecule has 1 amide bonds. The van der Waals surface area contributed by atoms with Crippen LogP contribution in [0.4, 0.5) is 9.18 Å². The van der Waals surface area contributed by atoms with Crippen molar-refractivity contribution in [3.8, 4) is 0 Å². The maximum Gasteiger partial charge on any atom is 0.407 e. The second kappa shape index (κ2) is 5.17. The number of likely N-dealkylation sites (tertiary alicyclic amines) is 1. The van der Waals surface area contributed by atoms with Crippen LogP contribution in [0.25, 0.3) is 0 Å². The number of carbonyl (C=O) groups is 1. The van der Waals surface area contributed by atoms with Crippen LogP contribution in [0.15, 0.2) is 24.3 Å². The number of amides is 1. The molecule has 3 nitrogen and oxygen atoms in total. The Labute approximate surface area is 99.9 Å². The first kappa shape index (κ1) is 11.9. The van der Waals surface area contributed by atoms with Crippen LogP contribution in [-0.4, -0.2) is 28.7 Å². The van der Waals surface area contributed by atoms with E-state index in [0.29, 0.717) is 24.9 Å².